The van der Waals surface area contributed by atoms with E-state index >= 15 is 0 Å². The second-order valence-electron chi connectivity index (χ2n) is 17.8. The number of ketones is 3. The number of rotatable bonds is 33. The van der Waals surface area contributed by atoms with Gasteiger partial charge in [-0.05, 0) is 70.8 Å². The molecule has 68 heavy (non-hydrogen) atoms. The molecule has 1 aromatic carbocycles. The fraction of sp³-hybridized carbons (Fsp3) is 0.714. The van der Waals surface area contributed by atoms with E-state index in [1.54, 1.807) is 6.92 Å². The van der Waals surface area contributed by atoms with Crippen molar-refractivity contribution < 1.29 is 53.0 Å². The highest BCUT2D eigenvalue weighted by atomic mass is 32.2. The first-order chi connectivity index (χ1) is 32.6. The molecule has 2 N–H and O–H groups in total. The molecule has 0 bridgehead atoms. The molecule has 3 saturated heterocycles. The SMILES string of the molecule is CC(=O)CCCCCCC(=O)CCCCC1SC[C@@H]2NC(=O)N[C@H]12.CCCCC(CC=O)C(=O)ON1C(=O)CCC1=O.CCCCCCC(=O)CCCCCCc1ccc([N+](=O)[O-])cc1[N+](=O)[O-]. The van der Waals surface area contributed by atoms with E-state index in [0.29, 0.717) is 78.7 Å². The van der Waals surface area contributed by atoms with Crippen molar-refractivity contribution in [1.82, 2.24) is 15.7 Å². The van der Waals surface area contributed by atoms with Crippen molar-refractivity contribution in [2.75, 3.05) is 5.75 Å². The Morgan fingerprint density at radius 3 is 1.87 bits per heavy atom. The van der Waals surface area contributed by atoms with Gasteiger partial charge in [0.1, 0.15) is 23.6 Å². The smallest absolute Gasteiger partial charge is 0.332 e. The van der Waals surface area contributed by atoms with E-state index in [0.717, 1.165) is 108 Å². The lowest BCUT2D eigenvalue weighted by Gasteiger charge is -2.17. The lowest BCUT2D eigenvalue weighted by Crippen LogP contribution is -2.36. The molecule has 0 radical (unpaired) electrons. The number of unbranched alkanes of at least 4 members (excludes halogenated alkanes) is 11. The Bertz CT molecular complexity index is 1810. The Morgan fingerprint density at radius 2 is 1.32 bits per heavy atom. The molecule has 0 aromatic heterocycles. The molecule has 2 unspecified atom stereocenters. The minimum Gasteiger partial charge on any atom is -0.332 e. The van der Waals surface area contributed by atoms with Crippen LogP contribution >= 0.6 is 11.8 Å². The van der Waals surface area contributed by atoms with Crippen molar-refractivity contribution in [1.29, 1.82) is 0 Å². The van der Waals surface area contributed by atoms with Crippen LogP contribution in [0, 0.1) is 26.1 Å². The third-order valence-corrected chi connectivity index (χ3v) is 13.6. The Balaban J connectivity index is 0.000000356. The molecule has 3 fully saturated rings. The minimum absolute atomic E-state index is 0.0335. The van der Waals surface area contributed by atoms with E-state index in [2.05, 4.69) is 17.6 Å². The number of Topliss-reactive ketones (excluding diaryl/α,β-unsaturated/α-hetero) is 3. The van der Waals surface area contributed by atoms with E-state index < -0.39 is 33.5 Å². The van der Waals surface area contributed by atoms with Crippen LogP contribution in [0.15, 0.2) is 18.2 Å². The van der Waals surface area contributed by atoms with Gasteiger partial charge in [0.2, 0.25) is 0 Å². The van der Waals surface area contributed by atoms with Gasteiger partial charge in [-0.1, -0.05) is 78.1 Å². The number of hydrogen-bond acceptors (Lipinski definition) is 14. The van der Waals surface area contributed by atoms with Crippen molar-refractivity contribution in [3.63, 3.8) is 0 Å². The van der Waals surface area contributed by atoms with Gasteiger partial charge in [0, 0.05) is 74.0 Å². The molecule has 380 valence electrons. The van der Waals surface area contributed by atoms with E-state index in [1.165, 1.54) is 25.0 Å². The molecule has 3 heterocycles. The summed E-state index contributed by atoms with van der Waals surface area (Å²) in [6, 6.07) is 4.32. The molecule has 4 rings (SSSR count). The van der Waals surface area contributed by atoms with Crippen molar-refractivity contribution >= 4 is 70.6 Å². The maximum atomic E-state index is 11.9. The number of nitro groups is 2. The number of amides is 4. The fourth-order valence-electron chi connectivity index (χ4n) is 8.12. The third-order valence-electron chi connectivity index (χ3n) is 12.1. The summed E-state index contributed by atoms with van der Waals surface area (Å²) in [5.74, 6) is -0.325. The monoisotopic (exact) mass is 974 g/mol. The molecule has 3 aliphatic rings. The second kappa shape index (κ2) is 34.3. The average molecular weight is 974 g/mol. The van der Waals surface area contributed by atoms with Gasteiger partial charge in [-0.3, -0.25) is 39.4 Å². The maximum Gasteiger partial charge on any atom is 0.336 e. The van der Waals surface area contributed by atoms with Crippen molar-refractivity contribution in [3.8, 4) is 0 Å². The van der Waals surface area contributed by atoms with Gasteiger partial charge in [-0.25, -0.2) is 9.59 Å². The highest BCUT2D eigenvalue weighted by molar-refractivity contribution is 8.00. The second-order valence-corrected chi connectivity index (χ2v) is 19.1. The number of hydrogen-bond donors (Lipinski definition) is 2. The van der Waals surface area contributed by atoms with Crippen LogP contribution in [-0.2, 0) is 44.8 Å². The fourth-order valence-corrected chi connectivity index (χ4v) is 9.66. The summed E-state index contributed by atoms with van der Waals surface area (Å²) in [5, 5.41) is 28.8. The number of carbonyl (C=O) groups excluding carboxylic acids is 8. The van der Waals surface area contributed by atoms with Crippen LogP contribution < -0.4 is 10.6 Å². The molecule has 4 atom stereocenters. The van der Waals surface area contributed by atoms with Crippen molar-refractivity contribution in [3.05, 3.63) is 44.0 Å². The Labute approximate surface area is 405 Å². The molecule has 4 amide bonds. The molecular weight excluding hydrogens is 899 g/mol. The number of aldehydes is 1. The lowest BCUT2D eigenvalue weighted by molar-refractivity contribution is -0.394. The third kappa shape index (κ3) is 23.8. The van der Waals surface area contributed by atoms with Crippen LogP contribution in [0.4, 0.5) is 16.2 Å². The summed E-state index contributed by atoms with van der Waals surface area (Å²) in [4.78, 5) is 116. The quantitative estimate of drug-likeness (QED) is 0.0166. The normalized spacial score (nSPS) is 17.4. The van der Waals surface area contributed by atoms with Crippen LogP contribution in [-0.4, -0.2) is 85.4 Å². The van der Waals surface area contributed by atoms with Gasteiger partial charge < -0.3 is 25.1 Å². The number of hydroxylamine groups is 2. The lowest BCUT2D eigenvalue weighted by atomic mass is 10.00. The Hall–Kier alpha value is -5.07. The molecule has 19 heteroatoms. The number of aryl methyl sites for hydroxylation is 1. The van der Waals surface area contributed by atoms with Gasteiger partial charge in [0.15, 0.2) is 0 Å². The topological polar surface area (TPSA) is 259 Å². The molecule has 1 aromatic rings. The highest BCUT2D eigenvalue weighted by Crippen LogP contribution is 2.33. The van der Waals surface area contributed by atoms with Gasteiger partial charge in [-0.15, -0.1) is 5.06 Å². The molecule has 0 saturated carbocycles. The standard InChI is InChI=1S/C19H28N2O5.C18H30N2O3S.C12H17NO5/c1-2-3-4-8-11-18(22)12-9-6-5-7-10-16-13-14-17(20(23)24)15-19(16)21(25)26;1-13(21)8-4-2-3-5-9-14(22)10-6-7-11-16-17-15(12-24-16)19-18(23)20-17;1-2-3-4-9(7-8-14)12(17)18-13-10(15)5-6-11(13)16/h13-15H,2-12H2,1H3;15-17H,2-12H2,1H3,(H2,19,20,23);8-9H,2-7H2,1H3/t;15-,16?,17-;/m.0./s1. The number of nitrogens with one attached hydrogen (secondary N) is 2. The van der Waals surface area contributed by atoms with E-state index in [1.807, 2.05) is 18.7 Å². The Kier molecular flexibility index (Phi) is 29.7. The summed E-state index contributed by atoms with van der Waals surface area (Å²) in [6.07, 6.45) is 21.9. The maximum absolute atomic E-state index is 11.9. The predicted octanol–water partition coefficient (Wildman–Crippen LogP) is 9.74. The number of imide groups is 1. The molecule has 0 aliphatic carbocycles. The van der Waals surface area contributed by atoms with E-state index in [-0.39, 0.29) is 54.5 Å². The highest BCUT2D eigenvalue weighted by Gasteiger charge is 2.42. The number of nitrogens with zero attached hydrogens (tertiary/aromatic N) is 3. The van der Waals surface area contributed by atoms with Crippen LogP contribution in [0.25, 0.3) is 0 Å². The van der Waals surface area contributed by atoms with Gasteiger partial charge in [0.25, 0.3) is 23.2 Å². The number of nitro benzene ring substituents is 2. The zero-order chi connectivity index (χ0) is 50.3. The zero-order valence-corrected chi connectivity index (χ0v) is 41.3. The number of benzene rings is 1. The average Bonchev–Trinajstić information content (AvgIpc) is 3.97. The molecular formula is C49H75N5O13S. The van der Waals surface area contributed by atoms with Crippen LogP contribution in [0.1, 0.15) is 193 Å². The first-order valence-corrected chi connectivity index (χ1v) is 25.8. The number of carbonyl (C=O) groups is 8. The van der Waals surface area contributed by atoms with E-state index in [9.17, 15) is 58.6 Å². The Morgan fingerprint density at radius 1 is 0.765 bits per heavy atom. The molecule has 0 spiro atoms. The van der Waals surface area contributed by atoms with E-state index in [4.69, 9.17) is 4.84 Å². The van der Waals surface area contributed by atoms with Gasteiger partial charge in [0.05, 0.1) is 33.9 Å². The summed E-state index contributed by atoms with van der Waals surface area (Å²) in [5.41, 5.74) is 0.0620. The first kappa shape index (κ1) is 59.1. The molecule has 3 aliphatic heterocycles. The zero-order valence-electron chi connectivity index (χ0n) is 40.5. The summed E-state index contributed by atoms with van der Waals surface area (Å²) >= 11 is 1.93. The van der Waals surface area contributed by atoms with Crippen molar-refractivity contribution in [2.45, 2.75) is 211 Å². The van der Waals surface area contributed by atoms with Crippen LogP contribution in [0.5, 0.6) is 0 Å². The van der Waals surface area contributed by atoms with Gasteiger partial charge >= 0.3 is 12.0 Å². The van der Waals surface area contributed by atoms with Crippen LogP contribution in [0.3, 0.4) is 0 Å². The number of fused-ring (bicyclic) bond motifs is 1. The molecule has 18 nitrogen and oxygen atoms in total. The predicted molar refractivity (Wildman–Crippen MR) is 259 cm³/mol. The first-order valence-electron chi connectivity index (χ1n) is 24.8. The number of urea groups is 1. The number of non-ortho nitro benzene ring substituents is 1. The summed E-state index contributed by atoms with van der Waals surface area (Å²) in [6.45, 7) is 5.74. The largest absolute Gasteiger partial charge is 0.336 e. The van der Waals surface area contributed by atoms with Crippen LogP contribution in [0.2, 0.25) is 0 Å². The summed E-state index contributed by atoms with van der Waals surface area (Å²) in [7, 11) is 0. The minimum atomic E-state index is -0.681. The van der Waals surface area contributed by atoms with Crippen molar-refractivity contribution in [2.24, 2.45) is 5.92 Å². The summed E-state index contributed by atoms with van der Waals surface area (Å²) < 4.78 is 0. The van der Waals surface area contributed by atoms with Gasteiger partial charge in [-0.2, -0.15) is 11.8 Å². The number of thioether (sulfide) groups is 1.